The summed E-state index contributed by atoms with van der Waals surface area (Å²) in [6, 6.07) is 7.59. The Bertz CT molecular complexity index is 852. The number of aromatic nitrogens is 4. The molecule has 0 spiro atoms. The number of nitrogens with zero attached hydrogens (tertiary/aromatic N) is 4. The van der Waals surface area contributed by atoms with Crippen LogP contribution in [0.1, 0.15) is 21.6 Å². The molecule has 3 rings (SSSR count). The van der Waals surface area contributed by atoms with Gasteiger partial charge in [-0.3, -0.25) is 14.2 Å². The molecule has 0 aliphatic rings. The lowest BCUT2D eigenvalue weighted by atomic mass is 10.2. The number of anilines is 1. The van der Waals surface area contributed by atoms with Crippen molar-refractivity contribution in [2.24, 2.45) is 7.05 Å². The number of benzene rings is 1. The van der Waals surface area contributed by atoms with Crippen LogP contribution in [0.4, 0.5) is 5.69 Å². The largest absolute Gasteiger partial charge is 0.319 e. The maximum absolute atomic E-state index is 12.2. The molecule has 0 bridgehead atoms. The van der Waals surface area contributed by atoms with Crippen molar-refractivity contribution in [2.45, 2.75) is 13.5 Å². The van der Waals surface area contributed by atoms with Gasteiger partial charge in [0.05, 0.1) is 29.7 Å². The Morgan fingerprint density at radius 3 is 2.87 bits per heavy atom. The van der Waals surface area contributed by atoms with Crippen molar-refractivity contribution in [3.05, 3.63) is 64.7 Å². The zero-order valence-electron chi connectivity index (χ0n) is 12.8. The van der Waals surface area contributed by atoms with Gasteiger partial charge < -0.3 is 5.32 Å². The molecule has 0 aliphatic heterocycles. The first-order chi connectivity index (χ1) is 11.0. The summed E-state index contributed by atoms with van der Waals surface area (Å²) >= 11 is 5.98. The lowest BCUT2D eigenvalue weighted by Crippen LogP contribution is -2.12. The lowest BCUT2D eigenvalue weighted by Gasteiger charge is -2.02. The fourth-order valence-corrected chi connectivity index (χ4v) is 2.57. The van der Waals surface area contributed by atoms with E-state index >= 15 is 0 Å². The maximum atomic E-state index is 12.2. The smallest absolute Gasteiger partial charge is 0.259 e. The van der Waals surface area contributed by atoms with E-state index in [2.05, 4.69) is 15.5 Å². The lowest BCUT2D eigenvalue weighted by molar-refractivity contribution is 0.102. The molecule has 23 heavy (non-hydrogen) atoms. The van der Waals surface area contributed by atoms with Crippen LogP contribution in [0.15, 0.2) is 42.9 Å². The van der Waals surface area contributed by atoms with E-state index in [0.29, 0.717) is 28.5 Å². The third-order valence-corrected chi connectivity index (χ3v) is 3.62. The van der Waals surface area contributed by atoms with Crippen molar-refractivity contribution in [2.75, 3.05) is 5.32 Å². The van der Waals surface area contributed by atoms with Crippen LogP contribution >= 0.6 is 11.6 Å². The molecule has 0 saturated heterocycles. The molecular formula is C16H16ClN5O. The van der Waals surface area contributed by atoms with E-state index in [4.69, 9.17) is 11.6 Å². The van der Waals surface area contributed by atoms with Crippen LogP contribution in [0.3, 0.4) is 0 Å². The predicted molar refractivity (Wildman–Crippen MR) is 88.7 cm³/mol. The van der Waals surface area contributed by atoms with Gasteiger partial charge in [-0.15, -0.1) is 0 Å². The molecule has 0 aliphatic carbocycles. The minimum Gasteiger partial charge on any atom is -0.319 e. The molecule has 1 aromatic carbocycles. The molecule has 2 aromatic heterocycles. The Kier molecular flexibility index (Phi) is 4.16. The Morgan fingerprint density at radius 2 is 2.17 bits per heavy atom. The molecule has 0 saturated carbocycles. The zero-order chi connectivity index (χ0) is 16.4. The third-order valence-electron chi connectivity index (χ3n) is 3.38. The average Bonchev–Trinajstić information content (AvgIpc) is 3.05. The number of carbonyl (C=O) groups is 1. The average molecular weight is 330 g/mol. The minimum atomic E-state index is -0.196. The molecule has 2 heterocycles. The van der Waals surface area contributed by atoms with E-state index < -0.39 is 0 Å². The molecule has 118 valence electrons. The normalized spacial score (nSPS) is 10.7. The van der Waals surface area contributed by atoms with E-state index in [1.807, 2.05) is 24.3 Å². The van der Waals surface area contributed by atoms with Crippen LogP contribution in [0.25, 0.3) is 0 Å². The summed E-state index contributed by atoms with van der Waals surface area (Å²) in [4.78, 5) is 12.2. The van der Waals surface area contributed by atoms with Gasteiger partial charge >= 0.3 is 0 Å². The van der Waals surface area contributed by atoms with Crippen LogP contribution in [0, 0.1) is 6.92 Å². The topological polar surface area (TPSA) is 64.7 Å². The summed E-state index contributed by atoms with van der Waals surface area (Å²) < 4.78 is 3.37. The molecule has 7 heteroatoms. The van der Waals surface area contributed by atoms with Gasteiger partial charge in [0.25, 0.3) is 5.91 Å². The van der Waals surface area contributed by atoms with E-state index in [0.717, 1.165) is 5.56 Å². The molecule has 0 radical (unpaired) electrons. The summed E-state index contributed by atoms with van der Waals surface area (Å²) in [6.07, 6.45) is 5.10. The summed E-state index contributed by atoms with van der Waals surface area (Å²) in [6.45, 7) is 2.39. The third kappa shape index (κ3) is 3.60. The van der Waals surface area contributed by atoms with Crippen LogP contribution < -0.4 is 5.32 Å². The van der Waals surface area contributed by atoms with Crippen molar-refractivity contribution in [3.8, 4) is 0 Å². The van der Waals surface area contributed by atoms with E-state index in [1.54, 1.807) is 41.9 Å². The van der Waals surface area contributed by atoms with Gasteiger partial charge in [0.1, 0.15) is 0 Å². The number of aryl methyl sites for hydroxylation is 2. The van der Waals surface area contributed by atoms with Crippen molar-refractivity contribution in [1.82, 2.24) is 19.6 Å². The van der Waals surface area contributed by atoms with Crippen LogP contribution in [-0.4, -0.2) is 25.5 Å². The molecule has 3 aromatic rings. The SMILES string of the molecule is Cc1nn(C)cc1C(=O)Nc1cnn(Cc2cccc(Cl)c2)c1. The summed E-state index contributed by atoms with van der Waals surface area (Å²) in [5.41, 5.74) is 2.92. The van der Waals surface area contributed by atoms with Crippen molar-refractivity contribution in [1.29, 1.82) is 0 Å². The van der Waals surface area contributed by atoms with Gasteiger partial charge in [0, 0.05) is 24.5 Å². The molecule has 0 atom stereocenters. The van der Waals surface area contributed by atoms with Crippen molar-refractivity contribution < 1.29 is 4.79 Å². The first-order valence-electron chi connectivity index (χ1n) is 7.10. The fourth-order valence-electron chi connectivity index (χ4n) is 2.36. The first kappa shape index (κ1) is 15.3. The number of amides is 1. The second-order valence-corrected chi connectivity index (χ2v) is 5.75. The van der Waals surface area contributed by atoms with Gasteiger partial charge in [-0.1, -0.05) is 23.7 Å². The molecule has 0 unspecified atom stereocenters. The summed E-state index contributed by atoms with van der Waals surface area (Å²) in [5, 5.41) is 11.9. The van der Waals surface area contributed by atoms with Crippen molar-refractivity contribution in [3.63, 3.8) is 0 Å². The van der Waals surface area contributed by atoms with E-state index in [-0.39, 0.29) is 5.91 Å². The highest BCUT2D eigenvalue weighted by atomic mass is 35.5. The molecule has 1 amide bonds. The van der Waals surface area contributed by atoms with E-state index in [9.17, 15) is 4.79 Å². The quantitative estimate of drug-likeness (QED) is 0.800. The van der Waals surface area contributed by atoms with Gasteiger partial charge in [-0.05, 0) is 24.6 Å². The number of nitrogens with one attached hydrogen (secondary N) is 1. The van der Waals surface area contributed by atoms with Gasteiger partial charge in [-0.2, -0.15) is 10.2 Å². The first-order valence-corrected chi connectivity index (χ1v) is 7.47. The van der Waals surface area contributed by atoms with Crippen molar-refractivity contribution >= 4 is 23.2 Å². The van der Waals surface area contributed by atoms with Crippen LogP contribution in [0.2, 0.25) is 5.02 Å². The monoisotopic (exact) mass is 329 g/mol. The number of rotatable bonds is 4. The number of halogens is 1. The molecular weight excluding hydrogens is 314 g/mol. The summed E-state index contributed by atoms with van der Waals surface area (Å²) in [7, 11) is 1.78. The number of carbonyl (C=O) groups excluding carboxylic acids is 1. The molecule has 6 nitrogen and oxygen atoms in total. The second-order valence-electron chi connectivity index (χ2n) is 5.31. The molecule has 0 fully saturated rings. The highest BCUT2D eigenvalue weighted by Gasteiger charge is 2.13. The number of hydrogen-bond donors (Lipinski definition) is 1. The van der Waals surface area contributed by atoms with Gasteiger partial charge in [0.15, 0.2) is 0 Å². The van der Waals surface area contributed by atoms with Gasteiger partial charge in [0.2, 0.25) is 0 Å². The molecule has 1 N–H and O–H groups in total. The maximum Gasteiger partial charge on any atom is 0.259 e. The predicted octanol–water partition coefficient (Wildman–Crippen LogP) is 2.88. The zero-order valence-corrected chi connectivity index (χ0v) is 13.6. The Morgan fingerprint density at radius 1 is 1.35 bits per heavy atom. The van der Waals surface area contributed by atoms with Gasteiger partial charge in [-0.25, -0.2) is 0 Å². The highest BCUT2D eigenvalue weighted by molar-refractivity contribution is 6.30. The standard InChI is InChI=1S/C16H16ClN5O/c1-11-15(10-21(2)20-11)16(23)19-14-7-18-22(9-14)8-12-4-3-5-13(17)6-12/h3-7,9-10H,8H2,1-2H3,(H,19,23). The number of hydrogen-bond acceptors (Lipinski definition) is 3. The Balaban J connectivity index is 1.70. The van der Waals surface area contributed by atoms with Crippen LogP contribution in [0.5, 0.6) is 0 Å². The minimum absolute atomic E-state index is 0.196. The van der Waals surface area contributed by atoms with E-state index in [1.165, 1.54) is 0 Å². The Labute approximate surface area is 138 Å². The second kappa shape index (κ2) is 6.26. The van der Waals surface area contributed by atoms with Crippen LogP contribution in [-0.2, 0) is 13.6 Å². The summed E-state index contributed by atoms with van der Waals surface area (Å²) in [5.74, 6) is -0.196. The fraction of sp³-hybridized carbons (Fsp3) is 0.188. The highest BCUT2D eigenvalue weighted by Crippen LogP contribution is 2.14. The Hall–Kier alpha value is -2.60.